The molecule has 0 saturated heterocycles. The molecule has 0 heterocycles. The summed E-state index contributed by atoms with van der Waals surface area (Å²) < 4.78 is 9.66. The summed E-state index contributed by atoms with van der Waals surface area (Å²) in [5.74, 6) is -3.37. The summed E-state index contributed by atoms with van der Waals surface area (Å²) in [6.45, 7) is 10.2. The summed E-state index contributed by atoms with van der Waals surface area (Å²) in [6, 6.07) is -2.35. The summed E-state index contributed by atoms with van der Waals surface area (Å²) in [4.78, 5) is 35.7. The van der Waals surface area contributed by atoms with Gasteiger partial charge in [0.15, 0.2) is 0 Å². The van der Waals surface area contributed by atoms with Crippen LogP contribution in [0.4, 0.5) is 0 Å². The molecule has 1 aliphatic rings. The fourth-order valence-corrected chi connectivity index (χ4v) is 3.43. The standard InChI is InChI=1S/C20H29NO8/c1-6-13(4)9-10-14(5)15-11-19(24,17(22)28-7-2)16(21(26)27)20(25,12-15)18(23)29-8-3/h6,9-10,15-16,24-25H,5,7-8,11-12H2,1-4H3/b10-9-,13-6-/t15?,16?,19-,20+. The number of rotatable bonds is 8. The number of hydrogen-bond acceptors (Lipinski definition) is 8. The van der Waals surface area contributed by atoms with Crippen LogP contribution in [0.25, 0.3) is 0 Å². The van der Waals surface area contributed by atoms with Crippen LogP contribution in [0.2, 0.25) is 0 Å². The largest absolute Gasteiger partial charge is 0.464 e. The second kappa shape index (κ2) is 9.80. The van der Waals surface area contributed by atoms with Gasteiger partial charge in [0, 0.05) is 17.8 Å². The van der Waals surface area contributed by atoms with E-state index in [1.54, 1.807) is 12.2 Å². The Bertz CT molecular complexity index is 694. The molecule has 9 nitrogen and oxygen atoms in total. The Balaban J connectivity index is 3.51. The first-order chi connectivity index (χ1) is 13.5. The first kappa shape index (κ1) is 24.5. The van der Waals surface area contributed by atoms with Gasteiger partial charge in [0.2, 0.25) is 11.2 Å². The lowest BCUT2D eigenvalue weighted by molar-refractivity contribution is -0.566. The van der Waals surface area contributed by atoms with Crippen molar-refractivity contribution in [3.63, 3.8) is 0 Å². The van der Waals surface area contributed by atoms with Gasteiger partial charge in [-0.15, -0.1) is 0 Å². The maximum absolute atomic E-state index is 12.5. The van der Waals surface area contributed by atoms with Gasteiger partial charge in [0.25, 0.3) is 6.04 Å². The van der Waals surface area contributed by atoms with Crippen LogP contribution in [-0.4, -0.2) is 57.5 Å². The number of nitro groups is 1. The van der Waals surface area contributed by atoms with Crippen LogP contribution in [0.1, 0.15) is 40.5 Å². The zero-order valence-corrected chi connectivity index (χ0v) is 17.2. The summed E-state index contributed by atoms with van der Waals surface area (Å²) in [5.41, 5.74) is -4.18. The van der Waals surface area contributed by atoms with Crippen LogP contribution in [0, 0.1) is 16.0 Å². The lowest BCUT2D eigenvalue weighted by Gasteiger charge is -2.44. The molecular weight excluding hydrogens is 382 g/mol. The zero-order valence-electron chi connectivity index (χ0n) is 17.2. The molecule has 0 aliphatic heterocycles. The minimum absolute atomic E-state index is 0.143. The normalized spacial score (nSPS) is 30.1. The minimum Gasteiger partial charge on any atom is -0.464 e. The maximum atomic E-state index is 12.5. The van der Waals surface area contributed by atoms with Crippen LogP contribution in [0.5, 0.6) is 0 Å². The fraction of sp³-hybridized carbons (Fsp3) is 0.600. The molecule has 0 aromatic heterocycles. The quantitative estimate of drug-likeness (QED) is 0.267. The smallest absolute Gasteiger partial charge is 0.345 e. The molecule has 1 rings (SSSR count). The van der Waals surface area contributed by atoms with Crippen LogP contribution in [-0.2, 0) is 19.1 Å². The van der Waals surface area contributed by atoms with E-state index in [1.807, 2.05) is 19.9 Å². The average Bonchev–Trinajstić information content (AvgIpc) is 2.65. The molecule has 1 aliphatic carbocycles. The highest BCUT2D eigenvalue weighted by Gasteiger charge is 2.71. The number of allylic oxidation sites excluding steroid dienone is 5. The van der Waals surface area contributed by atoms with E-state index in [4.69, 9.17) is 9.47 Å². The van der Waals surface area contributed by atoms with Crippen molar-refractivity contribution in [2.75, 3.05) is 13.2 Å². The Kier molecular flexibility index (Phi) is 8.28. The minimum atomic E-state index is -2.74. The molecule has 0 aromatic carbocycles. The van der Waals surface area contributed by atoms with Crippen molar-refractivity contribution in [1.82, 2.24) is 0 Å². The Hall–Kier alpha value is -2.52. The monoisotopic (exact) mass is 411 g/mol. The number of carbonyl (C=O) groups is 2. The number of nitrogens with zero attached hydrogens (tertiary/aromatic N) is 1. The Morgan fingerprint density at radius 2 is 1.59 bits per heavy atom. The molecule has 2 unspecified atom stereocenters. The van der Waals surface area contributed by atoms with Crippen molar-refractivity contribution in [3.8, 4) is 0 Å². The molecule has 0 radical (unpaired) electrons. The van der Waals surface area contributed by atoms with Crippen molar-refractivity contribution in [2.24, 2.45) is 5.92 Å². The SMILES string of the molecule is C=C(/C=C\C(C)=C/C)C1C[C@@](O)(C(=O)OCC)C([N+](=O)[O-])[C@@](O)(C(=O)OCC)C1. The molecule has 4 atom stereocenters. The van der Waals surface area contributed by atoms with Gasteiger partial charge >= 0.3 is 11.9 Å². The molecule has 1 saturated carbocycles. The third-order valence-corrected chi connectivity index (χ3v) is 5.03. The predicted octanol–water partition coefficient (Wildman–Crippen LogP) is 1.71. The molecule has 1 fully saturated rings. The van der Waals surface area contributed by atoms with Crippen molar-refractivity contribution >= 4 is 11.9 Å². The van der Waals surface area contributed by atoms with Crippen LogP contribution in [0.15, 0.2) is 36.0 Å². The summed E-state index contributed by atoms with van der Waals surface area (Å²) >= 11 is 0. The fourth-order valence-electron chi connectivity index (χ4n) is 3.43. The second-order valence-corrected chi connectivity index (χ2v) is 7.02. The van der Waals surface area contributed by atoms with E-state index in [9.17, 15) is 29.9 Å². The second-order valence-electron chi connectivity index (χ2n) is 7.02. The van der Waals surface area contributed by atoms with Gasteiger partial charge in [-0.1, -0.05) is 36.0 Å². The molecule has 0 amide bonds. The van der Waals surface area contributed by atoms with Crippen LogP contribution >= 0.6 is 0 Å². The lowest BCUT2D eigenvalue weighted by atomic mass is 9.64. The van der Waals surface area contributed by atoms with Crippen LogP contribution in [0.3, 0.4) is 0 Å². The van der Waals surface area contributed by atoms with Crippen LogP contribution < -0.4 is 0 Å². The maximum Gasteiger partial charge on any atom is 0.345 e. The predicted molar refractivity (Wildman–Crippen MR) is 104 cm³/mol. The number of hydrogen-bond donors (Lipinski definition) is 2. The molecule has 0 spiro atoms. The summed E-state index contributed by atoms with van der Waals surface area (Å²) in [5, 5.41) is 33.8. The van der Waals surface area contributed by atoms with E-state index < -0.39 is 52.9 Å². The number of carbonyl (C=O) groups excluding carboxylic acids is 2. The summed E-state index contributed by atoms with van der Waals surface area (Å²) in [6.07, 6.45) is 4.32. The first-order valence-corrected chi connectivity index (χ1v) is 9.40. The Morgan fingerprint density at radius 3 is 1.93 bits per heavy atom. The highest BCUT2D eigenvalue weighted by Crippen LogP contribution is 2.44. The molecule has 0 aromatic rings. The third kappa shape index (κ3) is 5.10. The van der Waals surface area contributed by atoms with Gasteiger partial charge in [-0.2, -0.15) is 0 Å². The van der Waals surface area contributed by atoms with E-state index in [1.165, 1.54) is 13.8 Å². The van der Waals surface area contributed by atoms with Crippen molar-refractivity contribution in [1.29, 1.82) is 0 Å². The van der Waals surface area contributed by atoms with Gasteiger partial charge < -0.3 is 19.7 Å². The number of esters is 2. The first-order valence-electron chi connectivity index (χ1n) is 9.40. The van der Waals surface area contributed by atoms with Crippen molar-refractivity contribution < 1.29 is 34.2 Å². The molecule has 162 valence electrons. The third-order valence-electron chi connectivity index (χ3n) is 5.03. The molecule has 9 heteroatoms. The van der Waals surface area contributed by atoms with E-state index in [-0.39, 0.29) is 13.2 Å². The lowest BCUT2D eigenvalue weighted by Crippen LogP contribution is -2.71. The molecule has 0 bridgehead atoms. The van der Waals surface area contributed by atoms with E-state index in [0.29, 0.717) is 5.57 Å². The van der Waals surface area contributed by atoms with Gasteiger partial charge in [-0.25, -0.2) is 9.59 Å². The summed E-state index contributed by atoms with van der Waals surface area (Å²) in [7, 11) is 0. The van der Waals surface area contributed by atoms with Crippen molar-refractivity contribution in [2.45, 2.75) is 57.8 Å². The number of ether oxygens (including phenoxy) is 2. The Morgan fingerprint density at radius 1 is 1.14 bits per heavy atom. The number of aliphatic hydroxyl groups is 2. The van der Waals surface area contributed by atoms with E-state index in [0.717, 1.165) is 5.57 Å². The molecule has 2 N–H and O–H groups in total. The highest BCUT2D eigenvalue weighted by atomic mass is 16.6. The van der Waals surface area contributed by atoms with Gasteiger partial charge in [0.05, 0.1) is 13.2 Å². The topological polar surface area (TPSA) is 136 Å². The van der Waals surface area contributed by atoms with Gasteiger partial charge in [0.1, 0.15) is 0 Å². The molecule has 29 heavy (non-hydrogen) atoms. The van der Waals surface area contributed by atoms with Gasteiger partial charge in [-0.3, -0.25) is 10.1 Å². The highest BCUT2D eigenvalue weighted by molar-refractivity contribution is 5.86. The van der Waals surface area contributed by atoms with E-state index in [2.05, 4.69) is 6.58 Å². The zero-order chi connectivity index (χ0) is 22.4. The van der Waals surface area contributed by atoms with Gasteiger partial charge in [-0.05, 0) is 33.6 Å². The average molecular weight is 411 g/mol. The van der Waals surface area contributed by atoms with E-state index >= 15 is 0 Å². The Labute approximate surface area is 169 Å². The van der Waals surface area contributed by atoms with Crippen molar-refractivity contribution in [3.05, 3.63) is 46.1 Å². The molecular formula is C20H29NO8.